The second-order valence-corrected chi connectivity index (χ2v) is 3.87. The Morgan fingerprint density at radius 3 is 2.47 bits per heavy atom. The number of benzene rings is 1. The molecular weight excluding hydrogens is 216 g/mol. The van der Waals surface area contributed by atoms with E-state index in [2.05, 4.69) is 6.58 Å². The summed E-state index contributed by atoms with van der Waals surface area (Å²) in [6.45, 7) is 7.95. The van der Waals surface area contributed by atoms with Crippen molar-refractivity contribution in [2.24, 2.45) is 0 Å². The Hall–Kier alpha value is -1.77. The molecule has 0 radical (unpaired) electrons. The van der Waals surface area contributed by atoms with Crippen LogP contribution >= 0.6 is 0 Å². The number of allylic oxidation sites excluding steroid dienone is 1. The molecule has 0 aliphatic heterocycles. The Morgan fingerprint density at radius 2 is 1.94 bits per heavy atom. The minimum atomic E-state index is -0.349. The molecule has 1 rings (SSSR count). The van der Waals surface area contributed by atoms with Gasteiger partial charge in [-0.3, -0.25) is 0 Å². The number of ether oxygens (including phenoxy) is 2. The highest BCUT2D eigenvalue weighted by molar-refractivity contribution is 5.71. The van der Waals surface area contributed by atoms with Gasteiger partial charge in [-0.05, 0) is 38.0 Å². The first kappa shape index (κ1) is 13.3. The summed E-state index contributed by atoms with van der Waals surface area (Å²) in [4.78, 5) is 11.1. The fourth-order valence-electron chi connectivity index (χ4n) is 1.40. The van der Waals surface area contributed by atoms with Crippen LogP contribution in [0.15, 0.2) is 36.4 Å². The van der Waals surface area contributed by atoms with Crippen LogP contribution in [0, 0.1) is 0 Å². The van der Waals surface area contributed by atoms with Crippen molar-refractivity contribution in [2.45, 2.75) is 20.3 Å². The fourth-order valence-corrected chi connectivity index (χ4v) is 1.40. The Balaban J connectivity index is 2.45. The van der Waals surface area contributed by atoms with Crippen LogP contribution in [0.3, 0.4) is 0 Å². The van der Waals surface area contributed by atoms with Crippen molar-refractivity contribution >= 4 is 5.97 Å². The van der Waals surface area contributed by atoms with Crippen molar-refractivity contribution < 1.29 is 14.3 Å². The third-order valence-electron chi connectivity index (χ3n) is 2.09. The number of hydrogen-bond acceptors (Lipinski definition) is 3. The second-order valence-electron chi connectivity index (χ2n) is 3.87. The van der Waals surface area contributed by atoms with Crippen molar-refractivity contribution in [1.29, 1.82) is 0 Å². The molecule has 0 aliphatic rings. The van der Waals surface area contributed by atoms with Gasteiger partial charge in [0, 0.05) is 0 Å². The van der Waals surface area contributed by atoms with Gasteiger partial charge in [0.15, 0.2) is 6.61 Å². The molecule has 0 aromatic heterocycles. The summed E-state index contributed by atoms with van der Waals surface area (Å²) >= 11 is 0. The normalized spacial score (nSPS) is 9.76. The smallest absolute Gasteiger partial charge is 0.344 e. The maximum atomic E-state index is 11.1. The van der Waals surface area contributed by atoms with Gasteiger partial charge in [-0.1, -0.05) is 24.3 Å². The first-order valence-corrected chi connectivity index (χ1v) is 5.63. The van der Waals surface area contributed by atoms with E-state index >= 15 is 0 Å². The Morgan fingerprint density at radius 1 is 1.29 bits per heavy atom. The summed E-state index contributed by atoms with van der Waals surface area (Å²) in [7, 11) is 0. The van der Waals surface area contributed by atoms with E-state index in [4.69, 9.17) is 9.47 Å². The van der Waals surface area contributed by atoms with Crippen molar-refractivity contribution in [3.63, 3.8) is 0 Å². The summed E-state index contributed by atoms with van der Waals surface area (Å²) in [5.74, 6) is 0.321. The molecule has 0 bridgehead atoms. The van der Waals surface area contributed by atoms with Gasteiger partial charge in [0.1, 0.15) is 5.75 Å². The molecule has 17 heavy (non-hydrogen) atoms. The highest BCUT2D eigenvalue weighted by Gasteiger charge is 2.02. The zero-order valence-corrected chi connectivity index (χ0v) is 10.4. The maximum absolute atomic E-state index is 11.1. The highest BCUT2D eigenvalue weighted by atomic mass is 16.6. The van der Waals surface area contributed by atoms with Crippen LogP contribution in [0.5, 0.6) is 5.75 Å². The van der Waals surface area contributed by atoms with Crippen molar-refractivity contribution in [2.75, 3.05) is 13.2 Å². The summed E-state index contributed by atoms with van der Waals surface area (Å²) in [5.41, 5.74) is 2.30. The summed E-state index contributed by atoms with van der Waals surface area (Å²) in [6.07, 6.45) is 0.859. The molecule has 0 unspecified atom stereocenters. The topological polar surface area (TPSA) is 35.5 Å². The molecule has 3 nitrogen and oxygen atoms in total. The molecule has 0 aliphatic carbocycles. The summed E-state index contributed by atoms with van der Waals surface area (Å²) < 4.78 is 10.0. The van der Waals surface area contributed by atoms with Crippen LogP contribution < -0.4 is 4.74 Å². The Bertz CT molecular complexity index is 379. The third-order valence-corrected chi connectivity index (χ3v) is 2.09. The van der Waals surface area contributed by atoms with Gasteiger partial charge >= 0.3 is 5.97 Å². The summed E-state index contributed by atoms with van der Waals surface area (Å²) in [5, 5.41) is 0. The zero-order chi connectivity index (χ0) is 12.7. The zero-order valence-electron chi connectivity index (χ0n) is 10.4. The van der Waals surface area contributed by atoms with Gasteiger partial charge in [0.25, 0.3) is 0 Å². The lowest BCUT2D eigenvalue weighted by Gasteiger charge is -2.06. The second kappa shape index (κ2) is 6.74. The van der Waals surface area contributed by atoms with Gasteiger partial charge in [-0.2, -0.15) is 0 Å². The van der Waals surface area contributed by atoms with Gasteiger partial charge in [0.05, 0.1) is 6.61 Å². The lowest BCUT2D eigenvalue weighted by molar-refractivity contribution is -0.145. The SMILES string of the molecule is C=C(C)Cc1ccc(OCC(=O)OCC)cc1. The number of carbonyl (C=O) groups is 1. The van der Waals surface area contributed by atoms with E-state index < -0.39 is 0 Å². The molecule has 0 saturated carbocycles. The van der Waals surface area contributed by atoms with Crippen molar-refractivity contribution in [3.05, 3.63) is 42.0 Å². The van der Waals surface area contributed by atoms with E-state index in [1.165, 1.54) is 5.56 Å². The van der Waals surface area contributed by atoms with Gasteiger partial charge < -0.3 is 9.47 Å². The van der Waals surface area contributed by atoms with Crippen LogP contribution in [0.25, 0.3) is 0 Å². The molecule has 0 atom stereocenters. The molecule has 0 spiro atoms. The number of esters is 1. The summed E-state index contributed by atoms with van der Waals surface area (Å²) in [6, 6.07) is 7.62. The standard InChI is InChI=1S/C14H18O3/c1-4-16-14(15)10-17-13-7-5-12(6-8-13)9-11(2)3/h5-8H,2,4,9-10H2,1,3H3. The van der Waals surface area contributed by atoms with E-state index in [1.807, 2.05) is 31.2 Å². The van der Waals surface area contributed by atoms with Crippen molar-refractivity contribution in [3.8, 4) is 5.75 Å². The van der Waals surface area contributed by atoms with Crippen molar-refractivity contribution in [1.82, 2.24) is 0 Å². The minimum Gasteiger partial charge on any atom is -0.482 e. The van der Waals surface area contributed by atoms with E-state index in [9.17, 15) is 4.79 Å². The van der Waals surface area contributed by atoms with E-state index in [0.717, 1.165) is 12.0 Å². The highest BCUT2D eigenvalue weighted by Crippen LogP contribution is 2.14. The van der Waals surface area contributed by atoms with E-state index in [-0.39, 0.29) is 12.6 Å². The average Bonchev–Trinajstić information content (AvgIpc) is 2.28. The fraction of sp³-hybridized carbons (Fsp3) is 0.357. The van der Waals surface area contributed by atoms with Crippen LogP contribution in [-0.4, -0.2) is 19.2 Å². The van der Waals surface area contributed by atoms with Crippen LogP contribution in [-0.2, 0) is 16.0 Å². The lowest BCUT2D eigenvalue weighted by Crippen LogP contribution is -2.14. The minimum absolute atomic E-state index is 0.0479. The molecule has 0 heterocycles. The molecular formula is C14H18O3. The monoisotopic (exact) mass is 234 g/mol. The van der Waals surface area contributed by atoms with Gasteiger partial charge in [-0.25, -0.2) is 4.79 Å². The van der Waals surface area contributed by atoms with E-state index in [1.54, 1.807) is 6.92 Å². The Labute approximate surface area is 102 Å². The first-order valence-electron chi connectivity index (χ1n) is 5.63. The quantitative estimate of drug-likeness (QED) is 0.561. The predicted molar refractivity (Wildman–Crippen MR) is 67.1 cm³/mol. The largest absolute Gasteiger partial charge is 0.482 e. The predicted octanol–water partition coefficient (Wildman–Crippen LogP) is 2.75. The van der Waals surface area contributed by atoms with Gasteiger partial charge in [-0.15, -0.1) is 0 Å². The van der Waals surface area contributed by atoms with Crippen LogP contribution in [0.4, 0.5) is 0 Å². The average molecular weight is 234 g/mol. The molecule has 0 saturated heterocycles. The number of carbonyl (C=O) groups excluding carboxylic acids is 1. The maximum Gasteiger partial charge on any atom is 0.344 e. The van der Waals surface area contributed by atoms with Crippen LogP contribution in [0.1, 0.15) is 19.4 Å². The third kappa shape index (κ3) is 5.20. The van der Waals surface area contributed by atoms with E-state index in [0.29, 0.717) is 12.4 Å². The van der Waals surface area contributed by atoms with Gasteiger partial charge in [0.2, 0.25) is 0 Å². The number of hydrogen-bond donors (Lipinski definition) is 0. The molecule has 1 aromatic carbocycles. The Kier molecular flexibility index (Phi) is 5.27. The number of rotatable bonds is 6. The molecule has 92 valence electrons. The molecule has 0 amide bonds. The lowest BCUT2D eigenvalue weighted by atomic mass is 10.1. The molecule has 0 N–H and O–H groups in total. The first-order chi connectivity index (χ1) is 8.11. The molecule has 1 aromatic rings. The molecule has 0 fully saturated rings. The molecule has 3 heteroatoms. The van der Waals surface area contributed by atoms with Crippen LogP contribution in [0.2, 0.25) is 0 Å².